The molecule has 130 valence electrons. The lowest BCUT2D eigenvalue weighted by molar-refractivity contribution is 0.0812. The van der Waals surface area contributed by atoms with E-state index in [9.17, 15) is 0 Å². The summed E-state index contributed by atoms with van der Waals surface area (Å²) in [7, 11) is 1.73. The zero-order valence-electron chi connectivity index (χ0n) is 14.3. The minimum absolute atomic E-state index is 0.0810. The van der Waals surface area contributed by atoms with Crippen molar-refractivity contribution in [1.82, 2.24) is 15.3 Å². The summed E-state index contributed by atoms with van der Waals surface area (Å²) in [6, 6.07) is 12.3. The average molecular weight is 340 g/mol. The number of anilines is 1. The second-order valence-corrected chi connectivity index (χ2v) is 6.34. The van der Waals surface area contributed by atoms with Crippen molar-refractivity contribution in [2.45, 2.75) is 19.4 Å². The normalized spacial score (nSPS) is 20.3. The van der Waals surface area contributed by atoms with E-state index in [1.54, 1.807) is 7.11 Å². The highest BCUT2D eigenvalue weighted by Gasteiger charge is 2.36. The first-order valence-electron chi connectivity index (χ1n) is 8.32. The van der Waals surface area contributed by atoms with Crippen LogP contribution in [0.1, 0.15) is 11.5 Å². The van der Waals surface area contributed by atoms with Crippen LogP contribution >= 0.6 is 0 Å². The monoisotopic (exact) mass is 340 g/mol. The van der Waals surface area contributed by atoms with Crippen molar-refractivity contribution >= 4 is 6.01 Å². The van der Waals surface area contributed by atoms with Gasteiger partial charge in [-0.05, 0) is 6.92 Å². The van der Waals surface area contributed by atoms with Gasteiger partial charge in [0.05, 0.1) is 11.8 Å². The van der Waals surface area contributed by atoms with Crippen LogP contribution in [0.25, 0.3) is 11.4 Å². The summed E-state index contributed by atoms with van der Waals surface area (Å²) < 4.78 is 16.5. The molecule has 1 saturated heterocycles. The summed E-state index contributed by atoms with van der Waals surface area (Å²) >= 11 is 0. The Hall–Kier alpha value is -2.67. The zero-order chi connectivity index (χ0) is 17.2. The highest BCUT2D eigenvalue weighted by molar-refractivity contribution is 5.55. The van der Waals surface area contributed by atoms with Crippen LogP contribution in [-0.2, 0) is 11.2 Å². The molecule has 1 aliphatic heterocycles. The van der Waals surface area contributed by atoms with Gasteiger partial charge in [0.25, 0.3) is 0 Å². The zero-order valence-corrected chi connectivity index (χ0v) is 14.3. The fourth-order valence-electron chi connectivity index (χ4n) is 3.28. The molecule has 1 fully saturated rings. The molecule has 0 spiro atoms. The molecule has 0 radical (unpaired) electrons. The number of hydrogen-bond donors (Lipinski definition) is 0. The molecule has 0 bridgehead atoms. The van der Waals surface area contributed by atoms with Gasteiger partial charge in [0, 0.05) is 44.2 Å². The second kappa shape index (κ2) is 6.68. The molecular formula is C18H20N4O3. The molecule has 0 N–H and O–H groups in total. The van der Waals surface area contributed by atoms with Gasteiger partial charge in [0.1, 0.15) is 5.76 Å². The summed E-state index contributed by atoms with van der Waals surface area (Å²) in [6.45, 7) is 3.41. The number of aryl methyl sites for hydroxylation is 1. The van der Waals surface area contributed by atoms with Crippen LogP contribution in [-0.4, -0.2) is 41.6 Å². The summed E-state index contributed by atoms with van der Waals surface area (Å²) in [5.74, 6) is 1.75. The molecule has 0 amide bonds. The predicted molar refractivity (Wildman–Crippen MR) is 91.2 cm³/mol. The van der Waals surface area contributed by atoms with Gasteiger partial charge in [-0.1, -0.05) is 40.6 Å². The van der Waals surface area contributed by atoms with Crippen molar-refractivity contribution < 1.29 is 13.8 Å². The van der Waals surface area contributed by atoms with Crippen LogP contribution < -0.4 is 4.90 Å². The molecule has 0 saturated carbocycles. The fourth-order valence-corrected chi connectivity index (χ4v) is 3.28. The van der Waals surface area contributed by atoms with Crippen LogP contribution in [0.2, 0.25) is 0 Å². The maximum Gasteiger partial charge on any atom is 0.324 e. The minimum atomic E-state index is 0.0810. The molecule has 3 aromatic rings. The SMILES string of the molecule is CO[C@H]1CN(c2nc(-c3ccccc3)no2)C[C@H]1Cc1cc(C)no1. The first kappa shape index (κ1) is 15.8. The Morgan fingerprint density at radius 1 is 1.16 bits per heavy atom. The first-order valence-corrected chi connectivity index (χ1v) is 8.32. The second-order valence-electron chi connectivity index (χ2n) is 6.34. The van der Waals surface area contributed by atoms with Gasteiger partial charge in [-0.15, -0.1) is 0 Å². The van der Waals surface area contributed by atoms with Gasteiger partial charge in [-0.3, -0.25) is 0 Å². The third kappa shape index (κ3) is 3.28. The Morgan fingerprint density at radius 3 is 2.72 bits per heavy atom. The van der Waals surface area contributed by atoms with Gasteiger partial charge in [0.2, 0.25) is 5.82 Å². The largest absolute Gasteiger partial charge is 0.379 e. The highest BCUT2D eigenvalue weighted by atomic mass is 16.5. The molecule has 7 heteroatoms. The quantitative estimate of drug-likeness (QED) is 0.706. The number of hydrogen-bond acceptors (Lipinski definition) is 7. The third-order valence-electron chi connectivity index (χ3n) is 4.54. The average Bonchev–Trinajstić information content (AvgIpc) is 3.35. The number of methoxy groups -OCH3 is 1. The molecule has 25 heavy (non-hydrogen) atoms. The van der Waals surface area contributed by atoms with E-state index in [0.717, 1.165) is 30.0 Å². The van der Waals surface area contributed by atoms with Gasteiger partial charge in [-0.25, -0.2) is 0 Å². The smallest absolute Gasteiger partial charge is 0.324 e. The molecule has 4 rings (SSSR count). The lowest BCUT2D eigenvalue weighted by Gasteiger charge is -2.14. The van der Waals surface area contributed by atoms with Crippen LogP contribution in [0.15, 0.2) is 45.4 Å². The van der Waals surface area contributed by atoms with Gasteiger partial charge in [0.15, 0.2) is 0 Å². The summed E-state index contributed by atoms with van der Waals surface area (Å²) in [5.41, 5.74) is 1.83. The minimum Gasteiger partial charge on any atom is -0.379 e. The van der Waals surface area contributed by atoms with E-state index in [0.29, 0.717) is 18.4 Å². The standard InChI is InChI=1S/C18H20N4O3/c1-12-8-15(24-20-12)9-14-10-22(11-16(14)23-2)18-19-17(21-25-18)13-6-4-3-5-7-13/h3-8,14,16H,9-11H2,1-2H3/t14-,16+/m1/s1. The maximum absolute atomic E-state index is 5.65. The number of nitrogens with zero attached hydrogens (tertiary/aromatic N) is 4. The summed E-state index contributed by atoms with van der Waals surface area (Å²) in [4.78, 5) is 6.60. The Kier molecular flexibility index (Phi) is 4.23. The van der Waals surface area contributed by atoms with Gasteiger partial charge < -0.3 is 18.7 Å². The number of rotatable bonds is 5. The van der Waals surface area contributed by atoms with Gasteiger partial charge >= 0.3 is 6.01 Å². The lowest BCUT2D eigenvalue weighted by Crippen LogP contribution is -2.23. The van der Waals surface area contributed by atoms with Crippen LogP contribution in [0.4, 0.5) is 6.01 Å². The summed E-state index contributed by atoms with van der Waals surface area (Å²) in [6.07, 6.45) is 0.854. The number of aromatic nitrogens is 3. The van der Waals surface area contributed by atoms with E-state index in [1.165, 1.54) is 0 Å². The maximum atomic E-state index is 5.65. The van der Waals surface area contributed by atoms with E-state index < -0.39 is 0 Å². The topological polar surface area (TPSA) is 77.4 Å². The number of benzene rings is 1. The molecule has 2 aromatic heterocycles. The van der Waals surface area contributed by atoms with E-state index >= 15 is 0 Å². The lowest BCUT2D eigenvalue weighted by atomic mass is 10.0. The van der Waals surface area contributed by atoms with Crippen molar-refractivity contribution in [1.29, 1.82) is 0 Å². The Balaban J connectivity index is 1.49. The summed E-state index contributed by atoms with van der Waals surface area (Å²) in [5, 5.41) is 8.05. The third-order valence-corrected chi connectivity index (χ3v) is 4.54. The fraction of sp³-hybridized carbons (Fsp3) is 0.389. The van der Waals surface area contributed by atoms with Gasteiger partial charge in [-0.2, -0.15) is 4.98 Å². The Morgan fingerprint density at radius 2 is 2.00 bits per heavy atom. The van der Waals surface area contributed by atoms with Crippen molar-refractivity contribution in [2.24, 2.45) is 5.92 Å². The van der Waals surface area contributed by atoms with E-state index in [1.807, 2.05) is 43.3 Å². The van der Waals surface area contributed by atoms with Crippen LogP contribution in [0.5, 0.6) is 0 Å². The van der Waals surface area contributed by atoms with Crippen molar-refractivity contribution in [3.05, 3.63) is 47.9 Å². The molecule has 1 aliphatic rings. The Bertz CT molecular complexity index is 830. The molecular weight excluding hydrogens is 320 g/mol. The highest BCUT2D eigenvalue weighted by Crippen LogP contribution is 2.28. The molecule has 0 unspecified atom stereocenters. The van der Waals surface area contributed by atoms with E-state index in [-0.39, 0.29) is 12.0 Å². The molecule has 2 atom stereocenters. The molecule has 1 aromatic carbocycles. The van der Waals surface area contributed by atoms with E-state index in [4.69, 9.17) is 13.8 Å². The molecule has 3 heterocycles. The van der Waals surface area contributed by atoms with Crippen molar-refractivity contribution in [3.8, 4) is 11.4 Å². The molecule has 7 nitrogen and oxygen atoms in total. The van der Waals surface area contributed by atoms with E-state index in [2.05, 4.69) is 20.2 Å². The van der Waals surface area contributed by atoms with Crippen LogP contribution in [0, 0.1) is 12.8 Å². The first-order chi connectivity index (χ1) is 12.2. The Labute approximate surface area is 145 Å². The molecule has 0 aliphatic carbocycles. The van der Waals surface area contributed by atoms with Crippen molar-refractivity contribution in [2.75, 3.05) is 25.1 Å². The number of ether oxygens (including phenoxy) is 1. The van der Waals surface area contributed by atoms with Crippen molar-refractivity contribution in [3.63, 3.8) is 0 Å². The predicted octanol–water partition coefficient (Wildman–Crippen LogP) is 2.73. The van der Waals surface area contributed by atoms with Crippen LogP contribution in [0.3, 0.4) is 0 Å².